The van der Waals surface area contributed by atoms with Crippen LogP contribution in [0, 0.1) is 11.3 Å². The third-order valence-electron chi connectivity index (χ3n) is 2.82. The minimum absolute atomic E-state index is 0.375. The highest BCUT2D eigenvalue weighted by atomic mass is 16.5. The van der Waals surface area contributed by atoms with Gasteiger partial charge in [-0.05, 0) is 6.07 Å². The molecule has 0 unspecified atom stereocenters. The maximum Gasteiger partial charge on any atom is 0.274 e. The third kappa shape index (κ3) is 1.79. The number of aryl methyl sites for hydroxylation is 2. The molecule has 0 radical (unpaired) electrons. The molecule has 0 fully saturated rings. The van der Waals surface area contributed by atoms with E-state index in [-0.39, 0.29) is 0 Å². The van der Waals surface area contributed by atoms with E-state index in [0.29, 0.717) is 23.0 Å². The number of hydrogen-bond acceptors (Lipinski definition) is 5. The minimum Gasteiger partial charge on any atom is -0.345 e. The van der Waals surface area contributed by atoms with E-state index in [1.165, 1.54) is 0 Å². The molecule has 0 aliphatic heterocycles. The molecule has 94 valence electrons. The third-order valence-corrected chi connectivity index (χ3v) is 2.82. The van der Waals surface area contributed by atoms with Crippen LogP contribution in [0.5, 0.6) is 0 Å². The average Bonchev–Trinajstić information content (AvgIpc) is 3.07. The zero-order valence-electron chi connectivity index (χ0n) is 10.4. The van der Waals surface area contributed by atoms with E-state index >= 15 is 0 Å². The van der Waals surface area contributed by atoms with Gasteiger partial charge in [0.15, 0.2) is 0 Å². The van der Waals surface area contributed by atoms with E-state index in [0.717, 1.165) is 5.69 Å². The van der Waals surface area contributed by atoms with Crippen molar-refractivity contribution in [2.75, 3.05) is 0 Å². The Bertz CT molecular complexity index is 772. The van der Waals surface area contributed by atoms with E-state index in [9.17, 15) is 0 Å². The van der Waals surface area contributed by atoms with Crippen LogP contribution < -0.4 is 0 Å². The molecule has 0 aliphatic carbocycles. The molecule has 3 rings (SSSR count). The fourth-order valence-corrected chi connectivity index (χ4v) is 1.84. The second-order valence-corrected chi connectivity index (χ2v) is 4.15. The van der Waals surface area contributed by atoms with Crippen molar-refractivity contribution in [3.8, 4) is 29.2 Å². The SMILES string of the molecule is Cn1cncc1-c1noc(-c2cc(C#N)cn2C)n1. The molecule has 0 aromatic carbocycles. The Labute approximate surface area is 108 Å². The van der Waals surface area contributed by atoms with Crippen molar-refractivity contribution in [1.29, 1.82) is 5.26 Å². The van der Waals surface area contributed by atoms with E-state index in [2.05, 4.69) is 21.2 Å². The average molecular weight is 254 g/mol. The van der Waals surface area contributed by atoms with Crippen molar-refractivity contribution in [2.45, 2.75) is 0 Å². The van der Waals surface area contributed by atoms with Gasteiger partial charge < -0.3 is 13.7 Å². The van der Waals surface area contributed by atoms with E-state index in [1.807, 2.05) is 14.1 Å². The fraction of sp³-hybridized carbons (Fsp3) is 0.167. The van der Waals surface area contributed by atoms with Crippen molar-refractivity contribution >= 4 is 0 Å². The summed E-state index contributed by atoms with van der Waals surface area (Å²) in [6.07, 6.45) is 5.05. The van der Waals surface area contributed by atoms with Crippen LogP contribution in [0.3, 0.4) is 0 Å². The second-order valence-electron chi connectivity index (χ2n) is 4.15. The number of nitriles is 1. The number of hydrogen-bond donors (Lipinski definition) is 0. The molecule has 0 spiro atoms. The summed E-state index contributed by atoms with van der Waals surface area (Å²) in [4.78, 5) is 8.33. The smallest absolute Gasteiger partial charge is 0.274 e. The molecule has 0 N–H and O–H groups in total. The Morgan fingerprint density at radius 2 is 2.11 bits per heavy atom. The van der Waals surface area contributed by atoms with Crippen molar-refractivity contribution in [2.24, 2.45) is 14.1 Å². The molecule has 0 aliphatic rings. The molecule has 0 bridgehead atoms. The molecule has 3 aromatic rings. The van der Waals surface area contributed by atoms with E-state index in [4.69, 9.17) is 9.78 Å². The number of imidazole rings is 1. The molecule has 0 atom stereocenters. The van der Waals surface area contributed by atoms with E-state index in [1.54, 1.807) is 33.9 Å². The lowest BCUT2D eigenvalue weighted by Gasteiger charge is -1.95. The van der Waals surface area contributed by atoms with Gasteiger partial charge in [-0.15, -0.1) is 0 Å². The molecule has 7 heteroatoms. The van der Waals surface area contributed by atoms with Crippen molar-refractivity contribution in [3.05, 3.63) is 30.4 Å². The first-order valence-corrected chi connectivity index (χ1v) is 5.56. The normalized spacial score (nSPS) is 10.6. The summed E-state index contributed by atoms with van der Waals surface area (Å²) >= 11 is 0. The first-order valence-electron chi connectivity index (χ1n) is 5.56. The highest BCUT2D eigenvalue weighted by Gasteiger charge is 2.16. The van der Waals surface area contributed by atoms with Gasteiger partial charge >= 0.3 is 0 Å². The first kappa shape index (κ1) is 11.2. The van der Waals surface area contributed by atoms with Crippen LogP contribution in [0.15, 0.2) is 29.3 Å². The van der Waals surface area contributed by atoms with Gasteiger partial charge in [0.25, 0.3) is 5.89 Å². The Hall–Kier alpha value is -2.88. The van der Waals surface area contributed by atoms with Crippen molar-refractivity contribution in [1.82, 2.24) is 24.3 Å². The summed E-state index contributed by atoms with van der Waals surface area (Å²) < 4.78 is 8.82. The predicted octanol–water partition coefficient (Wildman–Crippen LogP) is 1.35. The van der Waals surface area contributed by atoms with E-state index < -0.39 is 0 Å². The largest absolute Gasteiger partial charge is 0.345 e. The monoisotopic (exact) mass is 254 g/mol. The number of nitrogens with zero attached hydrogens (tertiary/aromatic N) is 6. The summed E-state index contributed by atoms with van der Waals surface area (Å²) in [6.45, 7) is 0. The lowest BCUT2D eigenvalue weighted by molar-refractivity contribution is 0.429. The lowest BCUT2D eigenvalue weighted by Crippen LogP contribution is -1.92. The maximum atomic E-state index is 8.87. The Morgan fingerprint density at radius 1 is 1.26 bits per heavy atom. The second kappa shape index (κ2) is 4.10. The van der Waals surface area contributed by atoms with Gasteiger partial charge in [0.1, 0.15) is 17.5 Å². The Kier molecular flexibility index (Phi) is 2.42. The summed E-state index contributed by atoms with van der Waals surface area (Å²) in [5, 5.41) is 12.8. The standard InChI is InChI=1S/C12H10N6O/c1-17-6-8(4-13)3-9(17)12-15-11(16-19-12)10-5-14-7-18(10)2/h3,5-7H,1-2H3. The summed E-state index contributed by atoms with van der Waals surface area (Å²) in [5.41, 5.74) is 2.03. The molecule has 0 amide bonds. The maximum absolute atomic E-state index is 8.87. The molecular formula is C12H10N6O. The van der Waals surface area contributed by atoms with Gasteiger partial charge in [0.2, 0.25) is 5.82 Å². The molecule has 0 saturated carbocycles. The van der Waals surface area contributed by atoms with Gasteiger partial charge in [-0.25, -0.2) is 4.98 Å². The first-order chi connectivity index (χ1) is 9.19. The van der Waals surface area contributed by atoms with Gasteiger partial charge in [-0.3, -0.25) is 0 Å². The quantitative estimate of drug-likeness (QED) is 0.689. The molecule has 7 nitrogen and oxygen atoms in total. The van der Waals surface area contributed by atoms with Gasteiger partial charge in [0.05, 0.1) is 18.1 Å². The minimum atomic E-state index is 0.375. The summed E-state index contributed by atoms with van der Waals surface area (Å²) in [7, 11) is 3.68. The van der Waals surface area contributed by atoms with Crippen LogP contribution in [-0.2, 0) is 14.1 Å². The van der Waals surface area contributed by atoms with Crippen LogP contribution in [0.25, 0.3) is 23.1 Å². The Morgan fingerprint density at radius 3 is 2.74 bits per heavy atom. The summed E-state index contributed by atoms with van der Waals surface area (Å²) in [6, 6.07) is 3.79. The zero-order valence-corrected chi connectivity index (χ0v) is 10.4. The van der Waals surface area contributed by atoms with Gasteiger partial charge in [-0.1, -0.05) is 5.16 Å². The summed E-state index contributed by atoms with van der Waals surface area (Å²) in [5.74, 6) is 0.843. The van der Waals surface area contributed by atoms with Gasteiger partial charge in [-0.2, -0.15) is 10.2 Å². The number of aromatic nitrogens is 5. The van der Waals surface area contributed by atoms with Gasteiger partial charge in [0, 0.05) is 20.3 Å². The predicted molar refractivity (Wildman–Crippen MR) is 65.6 cm³/mol. The molecule has 3 heterocycles. The highest BCUT2D eigenvalue weighted by Crippen LogP contribution is 2.22. The van der Waals surface area contributed by atoms with Crippen LogP contribution in [0.2, 0.25) is 0 Å². The van der Waals surface area contributed by atoms with Crippen molar-refractivity contribution < 1.29 is 4.52 Å². The molecular weight excluding hydrogens is 244 g/mol. The van der Waals surface area contributed by atoms with Crippen LogP contribution >= 0.6 is 0 Å². The highest BCUT2D eigenvalue weighted by molar-refractivity contribution is 5.56. The van der Waals surface area contributed by atoms with Crippen molar-refractivity contribution in [3.63, 3.8) is 0 Å². The van der Waals surface area contributed by atoms with Crippen LogP contribution in [0.1, 0.15) is 5.56 Å². The van der Waals surface area contributed by atoms with Crippen LogP contribution in [0.4, 0.5) is 0 Å². The molecule has 19 heavy (non-hydrogen) atoms. The van der Waals surface area contributed by atoms with Crippen LogP contribution in [-0.4, -0.2) is 24.3 Å². The topological polar surface area (TPSA) is 85.5 Å². The Balaban J connectivity index is 2.04. The molecule has 3 aromatic heterocycles. The number of rotatable bonds is 2. The molecule has 0 saturated heterocycles. The lowest BCUT2D eigenvalue weighted by atomic mass is 10.3. The fourth-order valence-electron chi connectivity index (χ4n) is 1.84. The zero-order chi connectivity index (χ0) is 13.4.